The summed E-state index contributed by atoms with van der Waals surface area (Å²) in [6.45, 7) is 3.12. The number of anilines is 2. The number of carbonyl (C=O) groups excluding carboxylic acids is 1. The lowest BCUT2D eigenvalue weighted by Gasteiger charge is -2.28. The van der Waals surface area contributed by atoms with Crippen molar-refractivity contribution in [1.82, 2.24) is 0 Å². The second kappa shape index (κ2) is 7.14. The van der Waals surface area contributed by atoms with E-state index in [1.807, 2.05) is 24.3 Å². The molecule has 1 aliphatic heterocycles. The van der Waals surface area contributed by atoms with Crippen LogP contribution in [0.1, 0.15) is 20.7 Å². The summed E-state index contributed by atoms with van der Waals surface area (Å²) in [5, 5.41) is 11.9. The SMILES string of the molecule is O=C(O)c1ccccc1C(=O)Nc1ccc(N2CCOCC2)cc1. The highest BCUT2D eigenvalue weighted by Gasteiger charge is 2.16. The molecule has 0 atom stereocenters. The van der Waals surface area contributed by atoms with E-state index in [1.165, 1.54) is 12.1 Å². The van der Waals surface area contributed by atoms with E-state index < -0.39 is 11.9 Å². The van der Waals surface area contributed by atoms with Crippen molar-refractivity contribution in [3.8, 4) is 0 Å². The van der Waals surface area contributed by atoms with Crippen molar-refractivity contribution in [1.29, 1.82) is 0 Å². The number of nitrogens with one attached hydrogen (secondary N) is 1. The molecule has 2 N–H and O–H groups in total. The molecular weight excluding hydrogens is 308 g/mol. The predicted octanol–water partition coefficient (Wildman–Crippen LogP) is 2.47. The van der Waals surface area contributed by atoms with E-state index in [2.05, 4.69) is 10.2 Å². The minimum absolute atomic E-state index is 0.0139. The molecule has 0 unspecified atom stereocenters. The van der Waals surface area contributed by atoms with E-state index in [1.54, 1.807) is 12.1 Å². The van der Waals surface area contributed by atoms with Crippen molar-refractivity contribution in [3.05, 3.63) is 59.7 Å². The number of rotatable bonds is 4. The lowest BCUT2D eigenvalue weighted by molar-refractivity contribution is 0.0692. The number of carboxylic acid groups (broad SMARTS) is 1. The summed E-state index contributed by atoms with van der Waals surface area (Å²) < 4.78 is 5.33. The van der Waals surface area contributed by atoms with Crippen LogP contribution in [0.2, 0.25) is 0 Å². The summed E-state index contributed by atoms with van der Waals surface area (Å²) in [6, 6.07) is 13.6. The van der Waals surface area contributed by atoms with Gasteiger partial charge in [-0.2, -0.15) is 0 Å². The van der Waals surface area contributed by atoms with Crippen molar-refractivity contribution in [2.45, 2.75) is 0 Å². The van der Waals surface area contributed by atoms with Crippen LogP contribution >= 0.6 is 0 Å². The van der Waals surface area contributed by atoms with Gasteiger partial charge in [-0.05, 0) is 36.4 Å². The Morgan fingerprint density at radius 3 is 2.21 bits per heavy atom. The molecular formula is C18H18N2O4. The molecule has 1 heterocycles. The van der Waals surface area contributed by atoms with Crippen LogP contribution in [-0.4, -0.2) is 43.3 Å². The van der Waals surface area contributed by atoms with Crippen molar-refractivity contribution < 1.29 is 19.4 Å². The third kappa shape index (κ3) is 3.55. The lowest BCUT2D eigenvalue weighted by Crippen LogP contribution is -2.36. The Balaban J connectivity index is 1.72. The van der Waals surface area contributed by atoms with Gasteiger partial charge >= 0.3 is 5.97 Å². The predicted molar refractivity (Wildman–Crippen MR) is 90.8 cm³/mol. The highest BCUT2D eigenvalue weighted by molar-refractivity contribution is 6.10. The summed E-state index contributed by atoms with van der Waals surface area (Å²) in [4.78, 5) is 25.7. The van der Waals surface area contributed by atoms with Crippen LogP contribution in [0, 0.1) is 0 Å². The number of carbonyl (C=O) groups is 2. The fourth-order valence-corrected chi connectivity index (χ4v) is 2.64. The fourth-order valence-electron chi connectivity index (χ4n) is 2.64. The normalized spacial score (nSPS) is 14.2. The lowest BCUT2D eigenvalue weighted by atomic mass is 10.1. The number of amides is 1. The first-order valence-corrected chi connectivity index (χ1v) is 7.71. The molecule has 0 aromatic heterocycles. The molecule has 124 valence electrons. The first-order chi connectivity index (χ1) is 11.6. The van der Waals surface area contributed by atoms with Crippen LogP contribution < -0.4 is 10.2 Å². The quantitative estimate of drug-likeness (QED) is 0.902. The Kier molecular flexibility index (Phi) is 4.77. The van der Waals surface area contributed by atoms with E-state index in [4.69, 9.17) is 9.84 Å². The third-order valence-electron chi connectivity index (χ3n) is 3.90. The molecule has 0 aliphatic carbocycles. The number of morpholine rings is 1. The summed E-state index contributed by atoms with van der Waals surface area (Å²) in [6.07, 6.45) is 0. The fraction of sp³-hybridized carbons (Fsp3) is 0.222. The van der Waals surface area contributed by atoms with E-state index >= 15 is 0 Å². The van der Waals surface area contributed by atoms with Gasteiger partial charge < -0.3 is 20.1 Å². The molecule has 0 spiro atoms. The average molecular weight is 326 g/mol. The minimum atomic E-state index is -1.12. The molecule has 2 aromatic rings. The first-order valence-electron chi connectivity index (χ1n) is 7.71. The molecule has 0 radical (unpaired) electrons. The zero-order valence-corrected chi connectivity index (χ0v) is 13.1. The second-order valence-electron chi connectivity index (χ2n) is 5.45. The van der Waals surface area contributed by atoms with Gasteiger partial charge in [-0.25, -0.2) is 4.79 Å². The number of hydrogen-bond donors (Lipinski definition) is 2. The van der Waals surface area contributed by atoms with Gasteiger partial charge in [0.15, 0.2) is 0 Å². The van der Waals surface area contributed by atoms with Crippen LogP contribution in [0.15, 0.2) is 48.5 Å². The van der Waals surface area contributed by atoms with Crippen LogP contribution in [-0.2, 0) is 4.74 Å². The Labute approximate surface area is 139 Å². The Hall–Kier alpha value is -2.86. The molecule has 6 heteroatoms. The molecule has 3 rings (SSSR count). The molecule has 2 aromatic carbocycles. The average Bonchev–Trinajstić information content (AvgIpc) is 2.63. The van der Waals surface area contributed by atoms with Crippen molar-refractivity contribution in [3.63, 3.8) is 0 Å². The monoisotopic (exact) mass is 326 g/mol. The first kappa shape index (κ1) is 16.0. The molecule has 24 heavy (non-hydrogen) atoms. The Morgan fingerprint density at radius 1 is 0.958 bits per heavy atom. The van der Waals surface area contributed by atoms with E-state index in [0.717, 1.165) is 18.8 Å². The largest absolute Gasteiger partial charge is 0.478 e. The van der Waals surface area contributed by atoms with Gasteiger partial charge in [0, 0.05) is 24.5 Å². The number of aromatic carboxylic acids is 1. The van der Waals surface area contributed by atoms with Crippen molar-refractivity contribution >= 4 is 23.3 Å². The van der Waals surface area contributed by atoms with Gasteiger partial charge in [0.05, 0.1) is 24.3 Å². The van der Waals surface area contributed by atoms with Crippen LogP contribution in [0.4, 0.5) is 11.4 Å². The van der Waals surface area contributed by atoms with Crippen molar-refractivity contribution in [2.24, 2.45) is 0 Å². The molecule has 1 fully saturated rings. The van der Waals surface area contributed by atoms with Crippen LogP contribution in [0.25, 0.3) is 0 Å². The minimum Gasteiger partial charge on any atom is -0.478 e. The maximum absolute atomic E-state index is 12.3. The smallest absolute Gasteiger partial charge is 0.336 e. The maximum atomic E-state index is 12.3. The Bertz CT molecular complexity index is 737. The number of ether oxygens (including phenoxy) is 1. The number of carboxylic acids is 1. The van der Waals surface area contributed by atoms with E-state index in [0.29, 0.717) is 18.9 Å². The van der Waals surface area contributed by atoms with Gasteiger partial charge in [-0.15, -0.1) is 0 Å². The van der Waals surface area contributed by atoms with Crippen LogP contribution in [0.3, 0.4) is 0 Å². The molecule has 0 saturated carbocycles. The zero-order chi connectivity index (χ0) is 16.9. The summed E-state index contributed by atoms with van der Waals surface area (Å²) in [7, 11) is 0. The standard InChI is InChI=1S/C18H18N2O4/c21-17(15-3-1-2-4-16(15)18(22)23)19-13-5-7-14(8-6-13)20-9-11-24-12-10-20/h1-8H,9-12H2,(H,19,21)(H,22,23). The molecule has 0 bridgehead atoms. The highest BCUT2D eigenvalue weighted by atomic mass is 16.5. The van der Waals surface area contributed by atoms with Gasteiger partial charge in [0.25, 0.3) is 5.91 Å². The maximum Gasteiger partial charge on any atom is 0.336 e. The van der Waals surface area contributed by atoms with Crippen LogP contribution in [0.5, 0.6) is 0 Å². The third-order valence-corrected chi connectivity index (χ3v) is 3.90. The molecule has 6 nitrogen and oxygen atoms in total. The van der Waals surface area contributed by atoms with E-state index in [9.17, 15) is 9.59 Å². The van der Waals surface area contributed by atoms with Gasteiger partial charge in [-0.1, -0.05) is 12.1 Å². The molecule has 1 aliphatic rings. The number of benzene rings is 2. The van der Waals surface area contributed by atoms with Gasteiger partial charge in [-0.3, -0.25) is 4.79 Å². The highest BCUT2D eigenvalue weighted by Crippen LogP contribution is 2.20. The summed E-state index contributed by atoms with van der Waals surface area (Å²) >= 11 is 0. The number of hydrogen-bond acceptors (Lipinski definition) is 4. The van der Waals surface area contributed by atoms with Gasteiger partial charge in [0.1, 0.15) is 0 Å². The number of nitrogens with zero attached hydrogens (tertiary/aromatic N) is 1. The summed E-state index contributed by atoms with van der Waals surface area (Å²) in [5.41, 5.74) is 1.82. The topological polar surface area (TPSA) is 78.9 Å². The Morgan fingerprint density at radius 2 is 1.58 bits per heavy atom. The summed E-state index contributed by atoms with van der Waals surface area (Å²) in [5.74, 6) is -1.56. The van der Waals surface area contributed by atoms with Crippen molar-refractivity contribution in [2.75, 3.05) is 36.5 Å². The zero-order valence-electron chi connectivity index (χ0n) is 13.1. The second-order valence-corrected chi connectivity index (χ2v) is 5.45. The van der Waals surface area contributed by atoms with Gasteiger partial charge in [0.2, 0.25) is 0 Å². The van der Waals surface area contributed by atoms with E-state index in [-0.39, 0.29) is 11.1 Å². The molecule has 1 amide bonds. The molecule has 1 saturated heterocycles.